The van der Waals surface area contributed by atoms with Crippen LogP contribution >= 0.6 is 11.8 Å². The molecule has 1 fully saturated rings. The van der Waals surface area contributed by atoms with E-state index in [1.807, 2.05) is 4.90 Å². The minimum atomic E-state index is -4.61. The lowest BCUT2D eigenvalue weighted by Gasteiger charge is -2.34. The second kappa shape index (κ2) is 10.7. The van der Waals surface area contributed by atoms with Crippen LogP contribution in [0.2, 0.25) is 0 Å². The third-order valence-corrected chi connectivity index (χ3v) is 6.12. The zero-order chi connectivity index (χ0) is 24.0. The molecule has 0 unspecified atom stereocenters. The van der Waals surface area contributed by atoms with Crippen LogP contribution in [0, 0.1) is 0 Å². The number of rotatable bonds is 7. The number of carbonyl (C=O) groups excluding carboxylic acids is 3. The Labute approximate surface area is 193 Å². The highest BCUT2D eigenvalue weighted by Gasteiger charge is 2.36. The zero-order valence-corrected chi connectivity index (χ0v) is 18.4. The van der Waals surface area contributed by atoms with Gasteiger partial charge in [0.2, 0.25) is 11.8 Å². The Morgan fingerprint density at radius 1 is 0.970 bits per heavy atom. The summed E-state index contributed by atoms with van der Waals surface area (Å²) < 4.78 is 39.7. The molecule has 0 saturated carbocycles. The second-order valence-corrected chi connectivity index (χ2v) is 8.43. The van der Waals surface area contributed by atoms with Gasteiger partial charge < -0.3 is 16.0 Å². The first-order valence-electron chi connectivity index (χ1n) is 10.1. The van der Waals surface area contributed by atoms with Crippen LogP contribution in [0.1, 0.15) is 15.9 Å². The van der Waals surface area contributed by atoms with Crippen LogP contribution in [0.25, 0.3) is 0 Å². The Balaban J connectivity index is 1.55. The SMILES string of the molecule is NC(=O)CSc1ccccc1NC(=O)CN1CCN(C(=O)c2ccccc2C(F)(F)F)CC1. The summed E-state index contributed by atoms with van der Waals surface area (Å²) >= 11 is 1.22. The molecule has 0 bridgehead atoms. The Bertz CT molecular complexity index is 1020. The second-order valence-electron chi connectivity index (χ2n) is 7.41. The molecule has 3 N–H and O–H groups in total. The number of nitrogens with zero attached hydrogens (tertiary/aromatic N) is 2. The van der Waals surface area contributed by atoms with E-state index in [9.17, 15) is 27.6 Å². The molecule has 0 aliphatic carbocycles. The number of alkyl halides is 3. The van der Waals surface area contributed by atoms with E-state index >= 15 is 0 Å². The van der Waals surface area contributed by atoms with Crippen LogP contribution < -0.4 is 11.1 Å². The first-order valence-corrected chi connectivity index (χ1v) is 11.1. The molecule has 33 heavy (non-hydrogen) atoms. The Morgan fingerprint density at radius 2 is 1.61 bits per heavy atom. The van der Waals surface area contributed by atoms with Gasteiger partial charge in [-0.25, -0.2) is 0 Å². The van der Waals surface area contributed by atoms with Gasteiger partial charge >= 0.3 is 6.18 Å². The maximum Gasteiger partial charge on any atom is 0.417 e. The number of carbonyl (C=O) groups is 3. The van der Waals surface area contributed by atoms with Crippen molar-refractivity contribution in [3.63, 3.8) is 0 Å². The van der Waals surface area contributed by atoms with Crippen LogP contribution in [-0.2, 0) is 15.8 Å². The smallest absolute Gasteiger partial charge is 0.369 e. The van der Waals surface area contributed by atoms with Crippen molar-refractivity contribution >= 4 is 35.2 Å². The molecule has 2 aromatic carbocycles. The van der Waals surface area contributed by atoms with E-state index in [0.717, 1.165) is 6.07 Å². The zero-order valence-electron chi connectivity index (χ0n) is 17.6. The van der Waals surface area contributed by atoms with Crippen LogP contribution in [0.15, 0.2) is 53.4 Å². The molecular formula is C22H23F3N4O3S. The van der Waals surface area contributed by atoms with Gasteiger partial charge in [0.25, 0.3) is 5.91 Å². The number of primary amides is 1. The largest absolute Gasteiger partial charge is 0.417 e. The highest BCUT2D eigenvalue weighted by molar-refractivity contribution is 8.00. The quantitative estimate of drug-likeness (QED) is 0.594. The predicted octanol–water partition coefficient (Wildman–Crippen LogP) is 2.68. The summed E-state index contributed by atoms with van der Waals surface area (Å²) in [5, 5.41) is 2.81. The summed E-state index contributed by atoms with van der Waals surface area (Å²) in [5.74, 6) is -1.33. The van der Waals surface area contributed by atoms with E-state index in [4.69, 9.17) is 5.73 Å². The Hall–Kier alpha value is -3.05. The van der Waals surface area contributed by atoms with Gasteiger partial charge in [-0.15, -0.1) is 11.8 Å². The molecule has 7 nitrogen and oxygen atoms in total. The van der Waals surface area contributed by atoms with Crippen molar-refractivity contribution in [1.82, 2.24) is 9.80 Å². The van der Waals surface area contributed by atoms with Gasteiger partial charge in [0.1, 0.15) is 0 Å². The lowest BCUT2D eigenvalue weighted by Crippen LogP contribution is -2.50. The minimum absolute atomic E-state index is 0.0655. The van der Waals surface area contributed by atoms with Crippen molar-refractivity contribution in [2.75, 3.05) is 43.8 Å². The van der Waals surface area contributed by atoms with E-state index in [1.165, 1.54) is 34.9 Å². The van der Waals surface area contributed by atoms with Gasteiger partial charge in [-0.2, -0.15) is 13.2 Å². The van der Waals surface area contributed by atoms with Crippen molar-refractivity contribution in [3.8, 4) is 0 Å². The molecule has 3 rings (SSSR count). The minimum Gasteiger partial charge on any atom is -0.369 e. The summed E-state index contributed by atoms with van der Waals surface area (Å²) in [6.45, 7) is 1.19. The van der Waals surface area contributed by atoms with Crippen molar-refractivity contribution in [3.05, 3.63) is 59.7 Å². The molecule has 0 radical (unpaired) electrons. The third-order valence-electron chi connectivity index (χ3n) is 5.02. The van der Waals surface area contributed by atoms with Crippen molar-refractivity contribution < 1.29 is 27.6 Å². The maximum absolute atomic E-state index is 13.2. The highest BCUT2D eigenvalue weighted by atomic mass is 32.2. The molecule has 11 heteroatoms. The summed E-state index contributed by atoms with van der Waals surface area (Å²) in [7, 11) is 0. The fraction of sp³-hybridized carbons (Fsp3) is 0.318. The fourth-order valence-electron chi connectivity index (χ4n) is 3.43. The topological polar surface area (TPSA) is 95.7 Å². The molecular weight excluding hydrogens is 457 g/mol. The normalized spacial score (nSPS) is 14.7. The van der Waals surface area contributed by atoms with Gasteiger partial charge in [0.05, 0.1) is 29.1 Å². The Kier molecular flexibility index (Phi) is 7.98. The molecule has 1 aliphatic heterocycles. The van der Waals surface area contributed by atoms with E-state index in [-0.39, 0.29) is 36.9 Å². The van der Waals surface area contributed by atoms with Crippen LogP contribution in [0.5, 0.6) is 0 Å². The summed E-state index contributed by atoms with van der Waals surface area (Å²) in [6, 6.07) is 11.8. The lowest BCUT2D eigenvalue weighted by molar-refractivity contribution is -0.138. The molecule has 2 aromatic rings. The van der Waals surface area contributed by atoms with Crippen molar-refractivity contribution in [1.29, 1.82) is 0 Å². The number of nitrogens with one attached hydrogen (secondary N) is 1. The monoisotopic (exact) mass is 480 g/mol. The van der Waals surface area contributed by atoms with Crippen LogP contribution in [0.3, 0.4) is 0 Å². The Morgan fingerprint density at radius 3 is 2.27 bits per heavy atom. The van der Waals surface area contributed by atoms with Crippen LogP contribution in [0.4, 0.5) is 18.9 Å². The first-order chi connectivity index (χ1) is 15.6. The third kappa shape index (κ3) is 6.72. The van der Waals surface area contributed by atoms with Crippen molar-refractivity contribution in [2.45, 2.75) is 11.1 Å². The highest BCUT2D eigenvalue weighted by Crippen LogP contribution is 2.32. The molecule has 176 valence electrons. The number of hydrogen-bond acceptors (Lipinski definition) is 5. The summed E-state index contributed by atoms with van der Waals surface area (Å²) in [5.41, 5.74) is 4.41. The number of amides is 3. The fourth-order valence-corrected chi connectivity index (χ4v) is 4.18. The van der Waals surface area contributed by atoms with E-state index < -0.39 is 23.6 Å². The van der Waals surface area contributed by atoms with Gasteiger partial charge in [-0.3, -0.25) is 19.3 Å². The molecule has 1 heterocycles. The lowest BCUT2D eigenvalue weighted by atomic mass is 10.1. The average Bonchev–Trinajstić information content (AvgIpc) is 2.78. The van der Waals surface area contributed by atoms with E-state index in [2.05, 4.69) is 5.32 Å². The van der Waals surface area contributed by atoms with Gasteiger partial charge in [0.15, 0.2) is 0 Å². The average molecular weight is 481 g/mol. The number of anilines is 1. The number of halogens is 3. The maximum atomic E-state index is 13.2. The number of benzene rings is 2. The summed E-state index contributed by atoms with van der Waals surface area (Å²) in [6.07, 6.45) is -4.61. The van der Waals surface area contributed by atoms with Gasteiger partial charge in [-0.1, -0.05) is 24.3 Å². The number of thioether (sulfide) groups is 1. The predicted molar refractivity (Wildman–Crippen MR) is 119 cm³/mol. The molecule has 1 aliphatic rings. The standard InChI is InChI=1S/C22H23F3N4O3S/c23-22(24,25)16-6-2-1-5-15(16)21(32)29-11-9-28(10-12-29)13-20(31)27-17-7-3-4-8-18(17)33-14-19(26)30/h1-8H,9-14H2,(H2,26,30)(H,27,31). The molecule has 0 spiro atoms. The van der Waals surface area contributed by atoms with Gasteiger partial charge in [0, 0.05) is 31.1 Å². The number of hydrogen-bond donors (Lipinski definition) is 2. The van der Waals surface area contributed by atoms with Gasteiger partial charge in [-0.05, 0) is 24.3 Å². The van der Waals surface area contributed by atoms with Crippen LogP contribution in [-0.4, -0.2) is 66.0 Å². The van der Waals surface area contributed by atoms with E-state index in [0.29, 0.717) is 23.7 Å². The van der Waals surface area contributed by atoms with Crippen molar-refractivity contribution in [2.24, 2.45) is 5.73 Å². The number of piperazine rings is 1. The molecule has 3 amide bonds. The number of para-hydroxylation sites is 1. The molecule has 0 aromatic heterocycles. The molecule has 0 atom stereocenters. The van der Waals surface area contributed by atoms with E-state index in [1.54, 1.807) is 24.3 Å². The summed E-state index contributed by atoms with van der Waals surface area (Å²) in [4.78, 5) is 40.1. The molecule has 1 saturated heterocycles. The number of nitrogens with two attached hydrogens (primary N) is 1. The first kappa shape index (κ1) is 24.6.